The quantitative estimate of drug-likeness (QED) is 0.891. The highest BCUT2D eigenvalue weighted by molar-refractivity contribution is 9.11. The number of rotatable bonds is 3. The van der Waals surface area contributed by atoms with Gasteiger partial charge in [-0.2, -0.15) is 5.26 Å². The van der Waals surface area contributed by atoms with Gasteiger partial charge in [0.2, 0.25) is 0 Å². The normalized spacial score (nSPS) is 9.94. The molecular formula is C12H8BrClN2S. The lowest BCUT2D eigenvalue weighted by Crippen LogP contribution is -1.99. The third kappa shape index (κ3) is 3.22. The first-order valence-corrected chi connectivity index (χ1v) is 6.85. The predicted octanol–water partition coefficient (Wildman–Crippen LogP) is 4.65. The maximum Gasteiger partial charge on any atom is 0.101 e. The highest BCUT2D eigenvalue weighted by Crippen LogP contribution is 2.25. The van der Waals surface area contributed by atoms with Gasteiger partial charge in [-0.05, 0) is 46.3 Å². The van der Waals surface area contributed by atoms with E-state index >= 15 is 0 Å². The Morgan fingerprint density at radius 1 is 1.35 bits per heavy atom. The molecule has 0 amide bonds. The lowest BCUT2D eigenvalue weighted by molar-refractivity contribution is 1.19. The van der Waals surface area contributed by atoms with Crippen LogP contribution in [0.5, 0.6) is 0 Å². The lowest BCUT2D eigenvalue weighted by atomic mass is 10.2. The van der Waals surface area contributed by atoms with Crippen molar-refractivity contribution in [2.24, 2.45) is 0 Å². The molecule has 2 aromatic rings. The summed E-state index contributed by atoms with van der Waals surface area (Å²) in [7, 11) is 0. The van der Waals surface area contributed by atoms with E-state index in [4.69, 9.17) is 16.9 Å². The van der Waals surface area contributed by atoms with Gasteiger partial charge in [-0.15, -0.1) is 11.3 Å². The van der Waals surface area contributed by atoms with Crippen molar-refractivity contribution in [3.8, 4) is 6.07 Å². The molecule has 17 heavy (non-hydrogen) atoms. The highest BCUT2D eigenvalue weighted by atomic mass is 79.9. The average molecular weight is 328 g/mol. The van der Waals surface area contributed by atoms with Crippen LogP contribution in [0.3, 0.4) is 0 Å². The summed E-state index contributed by atoms with van der Waals surface area (Å²) >= 11 is 11.0. The first-order valence-electron chi connectivity index (χ1n) is 4.87. The van der Waals surface area contributed by atoms with Gasteiger partial charge in [-0.3, -0.25) is 0 Å². The van der Waals surface area contributed by atoms with Crippen LogP contribution in [0.1, 0.15) is 10.4 Å². The molecule has 0 bridgehead atoms. The second kappa shape index (κ2) is 5.54. The summed E-state index contributed by atoms with van der Waals surface area (Å²) in [6, 6.07) is 11.4. The van der Waals surface area contributed by atoms with Crippen molar-refractivity contribution in [1.29, 1.82) is 5.26 Å². The zero-order chi connectivity index (χ0) is 12.3. The molecule has 5 heteroatoms. The molecule has 2 nitrogen and oxygen atoms in total. The van der Waals surface area contributed by atoms with E-state index in [9.17, 15) is 0 Å². The van der Waals surface area contributed by atoms with E-state index in [1.807, 2.05) is 12.1 Å². The summed E-state index contributed by atoms with van der Waals surface area (Å²) in [5, 5.41) is 12.8. The first kappa shape index (κ1) is 12.4. The third-order valence-corrected chi connectivity index (χ3v) is 4.04. The Labute approximate surface area is 117 Å². The van der Waals surface area contributed by atoms with E-state index in [1.54, 1.807) is 29.5 Å². The minimum Gasteiger partial charge on any atom is -0.379 e. The SMILES string of the molecule is N#Cc1ccc(Cl)cc1NCc1ccc(Br)s1. The van der Waals surface area contributed by atoms with Gasteiger partial charge >= 0.3 is 0 Å². The fourth-order valence-corrected chi connectivity index (χ4v) is 2.98. The number of nitrogens with one attached hydrogen (secondary N) is 1. The summed E-state index contributed by atoms with van der Waals surface area (Å²) in [6.45, 7) is 0.686. The van der Waals surface area contributed by atoms with Gasteiger partial charge in [0.25, 0.3) is 0 Å². The summed E-state index contributed by atoms with van der Waals surface area (Å²) < 4.78 is 1.10. The van der Waals surface area contributed by atoms with Gasteiger partial charge in [-0.1, -0.05) is 11.6 Å². The molecule has 0 radical (unpaired) electrons. The predicted molar refractivity (Wildman–Crippen MR) is 75.5 cm³/mol. The van der Waals surface area contributed by atoms with Crippen molar-refractivity contribution < 1.29 is 0 Å². The number of halogens is 2. The van der Waals surface area contributed by atoms with Crippen LogP contribution in [0.2, 0.25) is 5.02 Å². The van der Waals surface area contributed by atoms with Crippen molar-refractivity contribution in [2.45, 2.75) is 6.54 Å². The third-order valence-electron chi connectivity index (χ3n) is 2.18. The number of nitrogens with zero attached hydrogens (tertiary/aromatic N) is 1. The van der Waals surface area contributed by atoms with Crippen molar-refractivity contribution in [3.63, 3.8) is 0 Å². The smallest absolute Gasteiger partial charge is 0.101 e. The number of anilines is 1. The van der Waals surface area contributed by atoms with Crippen LogP contribution in [0.15, 0.2) is 34.1 Å². The molecular weight excluding hydrogens is 320 g/mol. The van der Waals surface area contributed by atoms with Crippen LogP contribution < -0.4 is 5.32 Å². The largest absolute Gasteiger partial charge is 0.379 e. The molecule has 0 spiro atoms. The molecule has 0 aliphatic rings. The van der Waals surface area contributed by atoms with Crippen molar-refractivity contribution in [1.82, 2.24) is 0 Å². The van der Waals surface area contributed by atoms with E-state index in [0.29, 0.717) is 17.1 Å². The molecule has 0 aliphatic carbocycles. The van der Waals surface area contributed by atoms with Gasteiger partial charge in [0.05, 0.1) is 15.0 Å². The van der Waals surface area contributed by atoms with Gasteiger partial charge in [0.15, 0.2) is 0 Å². The molecule has 1 N–H and O–H groups in total. The van der Waals surface area contributed by atoms with Crippen molar-refractivity contribution >= 4 is 44.6 Å². The Morgan fingerprint density at radius 2 is 2.18 bits per heavy atom. The van der Waals surface area contributed by atoms with Crippen LogP contribution in [0.25, 0.3) is 0 Å². The number of nitriles is 1. The summed E-state index contributed by atoms with van der Waals surface area (Å²) in [4.78, 5) is 1.20. The van der Waals surface area contributed by atoms with Gasteiger partial charge in [-0.25, -0.2) is 0 Å². The Balaban J connectivity index is 2.13. The Bertz CT molecular complexity index is 574. The minimum absolute atomic E-state index is 0.602. The molecule has 0 unspecified atom stereocenters. The van der Waals surface area contributed by atoms with Gasteiger partial charge < -0.3 is 5.32 Å². The van der Waals surface area contributed by atoms with E-state index < -0.39 is 0 Å². The zero-order valence-electron chi connectivity index (χ0n) is 8.71. The zero-order valence-corrected chi connectivity index (χ0v) is 11.9. The molecule has 0 saturated carbocycles. The Kier molecular flexibility index (Phi) is 4.06. The second-order valence-electron chi connectivity index (χ2n) is 3.36. The fourth-order valence-electron chi connectivity index (χ4n) is 1.39. The minimum atomic E-state index is 0.602. The van der Waals surface area contributed by atoms with Crippen LogP contribution >= 0.6 is 38.9 Å². The number of benzene rings is 1. The summed E-state index contributed by atoms with van der Waals surface area (Å²) in [5.74, 6) is 0. The van der Waals surface area contributed by atoms with E-state index in [0.717, 1.165) is 9.47 Å². The molecule has 2 rings (SSSR count). The van der Waals surface area contributed by atoms with Crippen molar-refractivity contribution in [2.75, 3.05) is 5.32 Å². The first-order chi connectivity index (χ1) is 8.19. The summed E-state index contributed by atoms with van der Waals surface area (Å²) in [5.41, 5.74) is 1.37. The second-order valence-corrected chi connectivity index (χ2v) is 6.35. The summed E-state index contributed by atoms with van der Waals surface area (Å²) in [6.07, 6.45) is 0. The maximum atomic E-state index is 8.97. The molecule has 0 fully saturated rings. The van der Waals surface area contributed by atoms with Crippen molar-refractivity contribution in [3.05, 3.63) is 49.6 Å². The molecule has 1 aromatic heterocycles. The monoisotopic (exact) mass is 326 g/mol. The molecule has 1 aromatic carbocycles. The van der Waals surface area contributed by atoms with Gasteiger partial charge in [0, 0.05) is 16.4 Å². The number of thiophene rings is 1. The Morgan fingerprint density at radius 3 is 2.82 bits per heavy atom. The van der Waals surface area contributed by atoms with E-state index in [1.165, 1.54) is 4.88 Å². The molecule has 0 atom stereocenters. The van der Waals surface area contributed by atoms with Crippen LogP contribution in [-0.4, -0.2) is 0 Å². The molecule has 86 valence electrons. The van der Waals surface area contributed by atoms with Gasteiger partial charge in [0.1, 0.15) is 6.07 Å². The molecule has 0 saturated heterocycles. The highest BCUT2D eigenvalue weighted by Gasteiger charge is 2.03. The number of hydrogen-bond acceptors (Lipinski definition) is 3. The van der Waals surface area contributed by atoms with E-state index in [2.05, 4.69) is 27.3 Å². The topological polar surface area (TPSA) is 35.8 Å². The van der Waals surface area contributed by atoms with E-state index in [-0.39, 0.29) is 0 Å². The number of hydrogen-bond donors (Lipinski definition) is 1. The average Bonchev–Trinajstić information content (AvgIpc) is 2.73. The lowest BCUT2D eigenvalue weighted by Gasteiger charge is -2.07. The molecule has 1 heterocycles. The van der Waals surface area contributed by atoms with Crippen LogP contribution in [-0.2, 0) is 6.54 Å². The van der Waals surface area contributed by atoms with Crippen LogP contribution in [0, 0.1) is 11.3 Å². The molecule has 0 aliphatic heterocycles. The fraction of sp³-hybridized carbons (Fsp3) is 0.0833. The standard InChI is InChI=1S/C12H8BrClN2S/c13-12-4-3-10(17-12)7-16-11-5-9(14)2-1-8(11)6-15/h1-5,16H,7H2. The maximum absolute atomic E-state index is 8.97. The Hall–Kier alpha value is -1.02. The van der Waals surface area contributed by atoms with Crippen LogP contribution in [0.4, 0.5) is 5.69 Å².